The van der Waals surface area contributed by atoms with Gasteiger partial charge in [-0.2, -0.15) is 0 Å². The molecule has 6 heteroatoms. The molecule has 0 saturated carbocycles. The molecule has 0 saturated heterocycles. The highest BCUT2D eigenvalue weighted by Gasteiger charge is 2.17. The highest BCUT2D eigenvalue weighted by molar-refractivity contribution is 7.92. The Hall–Kier alpha value is -3.51. The smallest absolute Gasteiger partial charge is 0.261 e. The average Bonchev–Trinajstić information content (AvgIpc) is 2.76. The molecule has 0 unspecified atom stereocenters. The van der Waals surface area contributed by atoms with Crippen LogP contribution in [0.15, 0.2) is 77.7 Å². The van der Waals surface area contributed by atoms with Crippen LogP contribution in [0.25, 0.3) is 10.8 Å². The first kappa shape index (κ1) is 22.7. The fourth-order valence-electron chi connectivity index (χ4n) is 3.90. The number of phenolic OH excluding ortho intramolecular Hbond substituents is 1. The van der Waals surface area contributed by atoms with E-state index in [2.05, 4.69) is 4.72 Å². The lowest BCUT2D eigenvalue weighted by molar-refractivity contribution is 0.452. The van der Waals surface area contributed by atoms with E-state index in [9.17, 15) is 13.5 Å². The summed E-state index contributed by atoms with van der Waals surface area (Å²) in [5.74, 6) is 1.67. The van der Waals surface area contributed by atoms with Crippen LogP contribution in [0.2, 0.25) is 0 Å². The second kappa shape index (κ2) is 8.79. The molecule has 0 aliphatic carbocycles. The zero-order valence-electron chi connectivity index (χ0n) is 19.1. The first-order chi connectivity index (χ1) is 15.6. The fourth-order valence-corrected chi connectivity index (χ4v) is 4.97. The van der Waals surface area contributed by atoms with E-state index in [4.69, 9.17) is 4.74 Å². The van der Waals surface area contributed by atoms with E-state index in [0.29, 0.717) is 17.2 Å². The van der Waals surface area contributed by atoms with Crippen LogP contribution in [0.5, 0.6) is 17.2 Å². The Morgan fingerprint density at radius 3 is 2.18 bits per heavy atom. The van der Waals surface area contributed by atoms with Gasteiger partial charge in [-0.3, -0.25) is 4.72 Å². The summed E-state index contributed by atoms with van der Waals surface area (Å²) < 4.78 is 34.8. The number of fused-ring (bicyclic) bond motifs is 1. The van der Waals surface area contributed by atoms with Crippen molar-refractivity contribution in [3.63, 3.8) is 0 Å². The molecule has 0 aromatic heterocycles. The van der Waals surface area contributed by atoms with Gasteiger partial charge < -0.3 is 9.84 Å². The lowest BCUT2D eigenvalue weighted by atomic mass is 10.0. The van der Waals surface area contributed by atoms with Gasteiger partial charge >= 0.3 is 0 Å². The van der Waals surface area contributed by atoms with Gasteiger partial charge in [0, 0.05) is 11.3 Å². The molecule has 4 rings (SSSR count). The zero-order chi connectivity index (χ0) is 23.8. The van der Waals surface area contributed by atoms with Gasteiger partial charge in [-0.15, -0.1) is 0 Å². The monoisotopic (exact) mass is 461 g/mol. The maximum absolute atomic E-state index is 13.0. The molecule has 0 fully saturated rings. The summed E-state index contributed by atoms with van der Waals surface area (Å²) in [5.41, 5.74) is 2.87. The van der Waals surface area contributed by atoms with Crippen molar-refractivity contribution in [2.75, 3.05) is 4.72 Å². The fraction of sp³-hybridized carbons (Fsp3) is 0.185. The standard InChI is InChI=1S/C27H27NO4S/c1-17(2)25-16-23(10-12-26(25)29)32-27-18(3)13-22(14-19(27)4)28-33(30,31)24-11-9-20-7-5-6-8-21(20)15-24/h5-17,28-29H,1-4H3. The van der Waals surface area contributed by atoms with Gasteiger partial charge in [0.15, 0.2) is 0 Å². The topological polar surface area (TPSA) is 75.6 Å². The summed E-state index contributed by atoms with van der Waals surface area (Å²) in [6, 6.07) is 21.4. The summed E-state index contributed by atoms with van der Waals surface area (Å²) in [7, 11) is -3.75. The number of phenols is 1. The van der Waals surface area contributed by atoms with Crippen molar-refractivity contribution >= 4 is 26.5 Å². The second-order valence-electron chi connectivity index (χ2n) is 8.53. The highest BCUT2D eigenvalue weighted by atomic mass is 32.2. The normalized spacial score (nSPS) is 11.7. The van der Waals surface area contributed by atoms with Gasteiger partial charge in [0.1, 0.15) is 17.2 Å². The molecule has 0 amide bonds. The molecule has 0 spiro atoms. The van der Waals surface area contributed by atoms with Crippen molar-refractivity contribution in [1.82, 2.24) is 0 Å². The molecule has 33 heavy (non-hydrogen) atoms. The van der Waals surface area contributed by atoms with E-state index < -0.39 is 10.0 Å². The van der Waals surface area contributed by atoms with Gasteiger partial charge in [0.25, 0.3) is 10.0 Å². The zero-order valence-corrected chi connectivity index (χ0v) is 19.9. The van der Waals surface area contributed by atoms with Crippen LogP contribution < -0.4 is 9.46 Å². The highest BCUT2D eigenvalue weighted by Crippen LogP contribution is 2.35. The van der Waals surface area contributed by atoms with E-state index in [1.165, 1.54) is 0 Å². The molecule has 0 radical (unpaired) electrons. The minimum atomic E-state index is -3.75. The Balaban J connectivity index is 1.61. The SMILES string of the molecule is Cc1cc(NS(=O)(=O)c2ccc3ccccc3c2)cc(C)c1Oc1ccc(O)c(C(C)C)c1. The summed E-state index contributed by atoms with van der Waals surface area (Å²) >= 11 is 0. The Morgan fingerprint density at radius 2 is 1.52 bits per heavy atom. The molecule has 0 aliphatic heterocycles. The third kappa shape index (κ3) is 4.81. The maximum atomic E-state index is 13.0. The number of rotatable bonds is 6. The molecular formula is C27H27NO4S. The van der Waals surface area contributed by atoms with Crippen LogP contribution in [0, 0.1) is 13.8 Å². The maximum Gasteiger partial charge on any atom is 0.261 e. The van der Waals surface area contributed by atoms with Gasteiger partial charge in [-0.25, -0.2) is 8.42 Å². The van der Waals surface area contributed by atoms with E-state index in [1.54, 1.807) is 42.5 Å². The predicted octanol–water partition coefficient (Wildman–Crippen LogP) is 6.88. The lowest BCUT2D eigenvalue weighted by Crippen LogP contribution is -2.13. The number of aryl methyl sites for hydroxylation is 2. The Labute approximate surface area is 194 Å². The van der Waals surface area contributed by atoms with E-state index in [-0.39, 0.29) is 16.6 Å². The molecule has 2 N–H and O–H groups in total. The van der Waals surface area contributed by atoms with E-state index >= 15 is 0 Å². The van der Waals surface area contributed by atoms with Crippen molar-refractivity contribution in [3.05, 3.63) is 89.5 Å². The molecule has 0 aliphatic rings. The summed E-state index contributed by atoms with van der Waals surface area (Å²) in [6.45, 7) is 7.76. The number of ether oxygens (including phenoxy) is 1. The summed E-state index contributed by atoms with van der Waals surface area (Å²) in [6.07, 6.45) is 0. The van der Waals surface area contributed by atoms with Crippen LogP contribution in [0.3, 0.4) is 0 Å². The third-order valence-electron chi connectivity index (χ3n) is 5.58. The molecule has 4 aromatic rings. The predicted molar refractivity (Wildman–Crippen MR) is 133 cm³/mol. The van der Waals surface area contributed by atoms with Gasteiger partial charge in [-0.1, -0.05) is 44.2 Å². The largest absolute Gasteiger partial charge is 0.508 e. The number of aromatic hydroxyl groups is 1. The van der Waals surface area contributed by atoms with Crippen LogP contribution in [-0.2, 0) is 10.0 Å². The van der Waals surface area contributed by atoms with Crippen molar-refractivity contribution in [2.24, 2.45) is 0 Å². The number of sulfonamides is 1. The van der Waals surface area contributed by atoms with Crippen LogP contribution in [-0.4, -0.2) is 13.5 Å². The van der Waals surface area contributed by atoms with Gasteiger partial charge in [0.2, 0.25) is 0 Å². The first-order valence-corrected chi connectivity index (χ1v) is 12.3. The number of hydrogen-bond acceptors (Lipinski definition) is 4. The Morgan fingerprint density at radius 1 is 0.848 bits per heavy atom. The summed E-state index contributed by atoms with van der Waals surface area (Å²) in [4.78, 5) is 0.210. The molecule has 4 aromatic carbocycles. The minimum Gasteiger partial charge on any atom is -0.508 e. The van der Waals surface area contributed by atoms with E-state index in [0.717, 1.165) is 27.5 Å². The van der Waals surface area contributed by atoms with Crippen LogP contribution >= 0.6 is 0 Å². The molecule has 0 bridgehead atoms. The van der Waals surface area contributed by atoms with Crippen molar-refractivity contribution in [2.45, 2.75) is 38.5 Å². The Kier molecular flexibility index (Phi) is 6.04. The van der Waals surface area contributed by atoms with Crippen molar-refractivity contribution in [3.8, 4) is 17.2 Å². The molecule has 170 valence electrons. The average molecular weight is 462 g/mol. The third-order valence-corrected chi connectivity index (χ3v) is 6.96. The first-order valence-electron chi connectivity index (χ1n) is 10.8. The minimum absolute atomic E-state index is 0.155. The van der Waals surface area contributed by atoms with E-state index in [1.807, 2.05) is 58.0 Å². The second-order valence-corrected chi connectivity index (χ2v) is 10.2. The van der Waals surface area contributed by atoms with Crippen LogP contribution in [0.1, 0.15) is 36.5 Å². The van der Waals surface area contributed by atoms with Gasteiger partial charge in [-0.05, 0) is 84.1 Å². The summed E-state index contributed by atoms with van der Waals surface area (Å²) in [5, 5.41) is 11.9. The number of hydrogen-bond donors (Lipinski definition) is 2. The lowest BCUT2D eigenvalue weighted by Gasteiger charge is -2.16. The molecular weight excluding hydrogens is 434 g/mol. The molecule has 0 atom stereocenters. The van der Waals surface area contributed by atoms with Gasteiger partial charge in [0.05, 0.1) is 4.90 Å². The number of benzene rings is 4. The van der Waals surface area contributed by atoms with Crippen molar-refractivity contribution < 1.29 is 18.3 Å². The molecule has 5 nitrogen and oxygen atoms in total. The molecule has 0 heterocycles. The Bertz CT molecular complexity index is 1420. The number of anilines is 1. The van der Waals surface area contributed by atoms with Crippen molar-refractivity contribution in [1.29, 1.82) is 0 Å². The number of nitrogens with one attached hydrogen (secondary N) is 1. The van der Waals surface area contributed by atoms with Crippen LogP contribution in [0.4, 0.5) is 5.69 Å². The quantitative estimate of drug-likeness (QED) is 0.328.